The number of benzene rings is 1. The molecule has 130 valence electrons. The van der Waals surface area contributed by atoms with Crippen molar-refractivity contribution in [2.75, 3.05) is 19.6 Å². The Bertz CT molecular complexity index is 685. The molecule has 1 unspecified atom stereocenters. The number of nitrogens with one attached hydrogen (secondary N) is 1. The lowest BCUT2D eigenvalue weighted by Crippen LogP contribution is -2.44. The van der Waals surface area contributed by atoms with Crippen LogP contribution in [0, 0.1) is 24.0 Å². The second kappa shape index (κ2) is 6.12. The van der Waals surface area contributed by atoms with E-state index in [1.54, 1.807) is 0 Å². The molecule has 2 heterocycles. The molecule has 1 amide bonds. The SMILES string of the molecule is Cc1ccc(C(=O)N2CCC3(CC2)CNC(C(=O)O)C3)c(F)c1F. The molecule has 7 heteroatoms. The highest BCUT2D eigenvalue weighted by Gasteiger charge is 2.44. The molecule has 3 rings (SSSR count). The Labute approximate surface area is 138 Å². The number of carbonyl (C=O) groups excluding carboxylic acids is 1. The average Bonchev–Trinajstić information content (AvgIpc) is 2.97. The van der Waals surface area contributed by atoms with Crippen LogP contribution in [-0.4, -0.2) is 47.6 Å². The van der Waals surface area contributed by atoms with Gasteiger partial charge in [-0.1, -0.05) is 6.07 Å². The maximum absolute atomic E-state index is 14.0. The fourth-order valence-electron chi connectivity index (χ4n) is 3.64. The van der Waals surface area contributed by atoms with Crippen LogP contribution in [0.25, 0.3) is 0 Å². The van der Waals surface area contributed by atoms with Gasteiger partial charge in [-0.3, -0.25) is 9.59 Å². The molecule has 1 aromatic carbocycles. The Morgan fingerprint density at radius 2 is 1.92 bits per heavy atom. The summed E-state index contributed by atoms with van der Waals surface area (Å²) in [5, 5.41) is 12.1. The van der Waals surface area contributed by atoms with E-state index in [1.807, 2.05) is 0 Å². The van der Waals surface area contributed by atoms with Gasteiger partial charge in [-0.2, -0.15) is 0 Å². The van der Waals surface area contributed by atoms with Gasteiger partial charge in [-0.05, 0) is 43.2 Å². The molecule has 2 fully saturated rings. The molecule has 5 nitrogen and oxygen atoms in total. The number of hydrogen-bond donors (Lipinski definition) is 2. The van der Waals surface area contributed by atoms with Gasteiger partial charge in [0, 0.05) is 19.6 Å². The molecule has 2 saturated heterocycles. The molecule has 0 bridgehead atoms. The van der Waals surface area contributed by atoms with E-state index in [2.05, 4.69) is 5.32 Å². The van der Waals surface area contributed by atoms with Gasteiger partial charge in [-0.15, -0.1) is 0 Å². The molecule has 2 N–H and O–H groups in total. The summed E-state index contributed by atoms with van der Waals surface area (Å²) in [5.41, 5.74) is -0.211. The summed E-state index contributed by atoms with van der Waals surface area (Å²) in [6.07, 6.45) is 1.86. The summed E-state index contributed by atoms with van der Waals surface area (Å²) in [7, 11) is 0. The number of aryl methyl sites for hydroxylation is 1. The molecular weight excluding hydrogens is 318 g/mol. The van der Waals surface area contributed by atoms with Crippen LogP contribution in [0.3, 0.4) is 0 Å². The number of aliphatic carboxylic acids is 1. The molecular formula is C17H20F2N2O3. The molecule has 0 aromatic heterocycles. The van der Waals surface area contributed by atoms with Crippen molar-refractivity contribution in [3.8, 4) is 0 Å². The number of halogens is 2. The highest BCUT2D eigenvalue weighted by molar-refractivity contribution is 5.94. The Balaban J connectivity index is 1.68. The average molecular weight is 338 g/mol. The first-order valence-electron chi connectivity index (χ1n) is 8.03. The maximum Gasteiger partial charge on any atom is 0.320 e. The minimum absolute atomic E-state index is 0.128. The molecule has 0 aliphatic carbocycles. The van der Waals surface area contributed by atoms with Gasteiger partial charge in [0.25, 0.3) is 5.91 Å². The van der Waals surface area contributed by atoms with E-state index in [4.69, 9.17) is 5.11 Å². The van der Waals surface area contributed by atoms with E-state index in [1.165, 1.54) is 24.0 Å². The lowest BCUT2D eigenvalue weighted by atomic mass is 9.76. The molecule has 1 aromatic rings. The molecule has 24 heavy (non-hydrogen) atoms. The summed E-state index contributed by atoms with van der Waals surface area (Å²) >= 11 is 0. The van der Waals surface area contributed by atoms with Gasteiger partial charge in [0.2, 0.25) is 0 Å². The van der Waals surface area contributed by atoms with Crippen molar-refractivity contribution in [1.82, 2.24) is 10.2 Å². The number of piperidine rings is 1. The van der Waals surface area contributed by atoms with Crippen molar-refractivity contribution in [2.24, 2.45) is 5.41 Å². The van der Waals surface area contributed by atoms with Gasteiger partial charge in [0.05, 0.1) is 5.56 Å². The van der Waals surface area contributed by atoms with E-state index in [-0.39, 0.29) is 16.5 Å². The number of rotatable bonds is 2. The topological polar surface area (TPSA) is 69.6 Å². The van der Waals surface area contributed by atoms with E-state index < -0.39 is 29.6 Å². The number of carboxylic acids is 1. The number of amides is 1. The summed E-state index contributed by atoms with van der Waals surface area (Å²) in [6.45, 7) is 2.90. The van der Waals surface area contributed by atoms with Crippen LogP contribution in [0.4, 0.5) is 8.78 Å². The lowest BCUT2D eigenvalue weighted by molar-refractivity contribution is -0.139. The molecule has 0 radical (unpaired) electrons. The normalized spacial score (nSPS) is 22.8. The van der Waals surface area contributed by atoms with Crippen LogP contribution in [0.1, 0.15) is 35.2 Å². The standard InChI is InChI=1S/C17H20F2N2O3/c1-10-2-3-11(14(19)13(10)18)15(22)21-6-4-17(5-7-21)8-12(16(23)24)20-9-17/h2-3,12,20H,4-9H2,1H3,(H,23,24). The smallest absolute Gasteiger partial charge is 0.320 e. The molecule has 2 aliphatic rings. The molecule has 1 spiro atoms. The Morgan fingerprint density at radius 3 is 2.50 bits per heavy atom. The van der Waals surface area contributed by atoms with Crippen molar-refractivity contribution >= 4 is 11.9 Å². The third-order valence-electron chi connectivity index (χ3n) is 5.28. The minimum Gasteiger partial charge on any atom is -0.480 e. The highest BCUT2D eigenvalue weighted by Crippen LogP contribution is 2.39. The largest absolute Gasteiger partial charge is 0.480 e. The third-order valence-corrected chi connectivity index (χ3v) is 5.28. The van der Waals surface area contributed by atoms with Crippen molar-refractivity contribution in [3.63, 3.8) is 0 Å². The fraction of sp³-hybridized carbons (Fsp3) is 0.529. The van der Waals surface area contributed by atoms with Crippen LogP contribution in [0.5, 0.6) is 0 Å². The highest BCUT2D eigenvalue weighted by atomic mass is 19.2. The molecule has 2 aliphatic heterocycles. The van der Waals surface area contributed by atoms with Gasteiger partial charge in [0.15, 0.2) is 11.6 Å². The van der Waals surface area contributed by atoms with E-state index in [0.29, 0.717) is 38.9 Å². The quantitative estimate of drug-likeness (QED) is 0.865. The second-order valence-electron chi connectivity index (χ2n) is 6.83. The second-order valence-corrected chi connectivity index (χ2v) is 6.83. The van der Waals surface area contributed by atoms with Crippen molar-refractivity contribution < 1.29 is 23.5 Å². The van der Waals surface area contributed by atoms with Crippen LogP contribution >= 0.6 is 0 Å². The molecule has 0 saturated carbocycles. The number of carbonyl (C=O) groups is 2. The van der Waals surface area contributed by atoms with E-state index >= 15 is 0 Å². The zero-order chi connectivity index (χ0) is 17.5. The number of hydrogen-bond acceptors (Lipinski definition) is 3. The number of likely N-dealkylation sites (tertiary alicyclic amines) is 1. The summed E-state index contributed by atoms with van der Waals surface area (Å²) < 4.78 is 27.7. The summed E-state index contributed by atoms with van der Waals surface area (Å²) in [5.74, 6) is -3.46. The zero-order valence-corrected chi connectivity index (χ0v) is 13.4. The Hall–Kier alpha value is -2.02. The summed E-state index contributed by atoms with van der Waals surface area (Å²) in [4.78, 5) is 25.1. The van der Waals surface area contributed by atoms with Crippen LogP contribution in [0.15, 0.2) is 12.1 Å². The van der Waals surface area contributed by atoms with E-state index in [0.717, 1.165) is 0 Å². The Kier molecular flexibility index (Phi) is 4.29. The van der Waals surface area contributed by atoms with Crippen LogP contribution < -0.4 is 5.32 Å². The predicted octanol–water partition coefficient (Wildman–Crippen LogP) is 1.94. The van der Waals surface area contributed by atoms with Crippen molar-refractivity contribution in [2.45, 2.75) is 32.2 Å². The van der Waals surface area contributed by atoms with Crippen molar-refractivity contribution in [3.05, 3.63) is 34.9 Å². The fourth-order valence-corrected chi connectivity index (χ4v) is 3.64. The van der Waals surface area contributed by atoms with Gasteiger partial charge in [-0.25, -0.2) is 8.78 Å². The van der Waals surface area contributed by atoms with Gasteiger partial charge in [0.1, 0.15) is 6.04 Å². The van der Waals surface area contributed by atoms with Crippen LogP contribution in [0.2, 0.25) is 0 Å². The first-order valence-corrected chi connectivity index (χ1v) is 8.03. The Morgan fingerprint density at radius 1 is 1.25 bits per heavy atom. The number of nitrogens with zero attached hydrogens (tertiary/aromatic N) is 1. The molecule has 1 atom stereocenters. The first kappa shape index (κ1) is 16.8. The van der Waals surface area contributed by atoms with Crippen molar-refractivity contribution in [1.29, 1.82) is 0 Å². The monoisotopic (exact) mass is 338 g/mol. The van der Waals surface area contributed by atoms with Gasteiger partial charge < -0.3 is 15.3 Å². The predicted molar refractivity (Wildman–Crippen MR) is 82.7 cm³/mol. The minimum atomic E-state index is -1.10. The number of carboxylic acid groups (broad SMARTS) is 1. The lowest BCUT2D eigenvalue weighted by Gasteiger charge is -2.39. The first-order chi connectivity index (χ1) is 11.3. The van der Waals surface area contributed by atoms with Crippen LogP contribution in [-0.2, 0) is 4.79 Å². The maximum atomic E-state index is 14.0. The summed E-state index contributed by atoms with van der Waals surface area (Å²) in [6, 6.07) is 2.17. The van der Waals surface area contributed by atoms with Gasteiger partial charge >= 0.3 is 5.97 Å². The zero-order valence-electron chi connectivity index (χ0n) is 13.4. The third kappa shape index (κ3) is 2.88. The van der Waals surface area contributed by atoms with E-state index in [9.17, 15) is 18.4 Å².